The molecular formula is C18H16ClIN2O2. The molecule has 0 aliphatic rings. The zero-order valence-electron chi connectivity index (χ0n) is 13.5. The SMILES string of the molecule is CC(C)(C)C(=O)Nc1ccc2oc(-c3cc(I)ccc3Cl)nc2c1. The van der Waals surface area contributed by atoms with Crippen molar-refractivity contribution < 1.29 is 9.21 Å². The Balaban J connectivity index is 1.97. The predicted molar refractivity (Wildman–Crippen MR) is 105 cm³/mol. The zero-order valence-corrected chi connectivity index (χ0v) is 16.4. The van der Waals surface area contributed by atoms with Crippen LogP contribution in [0.5, 0.6) is 0 Å². The topological polar surface area (TPSA) is 55.1 Å². The van der Waals surface area contributed by atoms with Gasteiger partial charge in [0.15, 0.2) is 5.58 Å². The third-order valence-corrected chi connectivity index (χ3v) is 4.49. The first-order valence-corrected chi connectivity index (χ1v) is 8.87. The Kier molecular flexibility index (Phi) is 4.57. The summed E-state index contributed by atoms with van der Waals surface area (Å²) in [4.78, 5) is 16.6. The fraction of sp³-hybridized carbons (Fsp3) is 0.222. The average Bonchev–Trinajstić information content (AvgIpc) is 2.91. The van der Waals surface area contributed by atoms with Crippen LogP contribution in [0.2, 0.25) is 5.02 Å². The molecule has 0 atom stereocenters. The zero-order chi connectivity index (χ0) is 17.5. The average molecular weight is 455 g/mol. The van der Waals surface area contributed by atoms with E-state index >= 15 is 0 Å². The van der Waals surface area contributed by atoms with Gasteiger partial charge in [-0.05, 0) is 59.0 Å². The molecule has 0 spiro atoms. The molecule has 3 aromatic rings. The van der Waals surface area contributed by atoms with Gasteiger partial charge in [0, 0.05) is 14.7 Å². The van der Waals surface area contributed by atoms with Gasteiger partial charge < -0.3 is 9.73 Å². The number of anilines is 1. The molecule has 0 aliphatic heterocycles. The second-order valence-electron chi connectivity index (χ2n) is 6.53. The van der Waals surface area contributed by atoms with Gasteiger partial charge >= 0.3 is 0 Å². The maximum atomic E-state index is 12.1. The summed E-state index contributed by atoms with van der Waals surface area (Å²) in [6.07, 6.45) is 0. The third-order valence-electron chi connectivity index (χ3n) is 3.49. The highest BCUT2D eigenvalue weighted by molar-refractivity contribution is 14.1. The number of nitrogens with one attached hydrogen (secondary N) is 1. The Bertz CT molecular complexity index is 928. The Morgan fingerprint density at radius 1 is 1.21 bits per heavy atom. The van der Waals surface area contributed by atoms with Crippen LogP contribution in [0, 0.1) is 8.99 Å². The maximum Gasteiger partial charge on any atom is 0.229 e. The van der Waals surface area contributed by atoms with Crippen LogP contribution >= 0.6 is 34.2 Å². The molecule has 1 amide bonds. The summed E-state index contributed by atoms with van der Waals surface area (Å²) >= 11 is 8.47. The minimum absolute atomic E-state index is 0.0498. The quantitative estimate of drug-likeness (QED) is 0.503. The number of halogens is 2. The molecule has 4 nitrogen and oxygen atoms in total. The summed E-state index contributed by atoms with van der Waals surface area (Å²) in [5.41, 5.74) is 2.30. The molecule has 1 heterocycles. The lowest BCUT2D eigenvalue weighted by Gasteiger charge is -2.17. The van der Waals surface area contributed by atoms with Crippen LogP contribution in [0.4, 0.5) is 5.69 Å². The number of oxazole rings is 1. The number of nitrogens with zero attached hydrogens (tertiary/aromatic N) is 1. The molecule has 0 bridgehead atoms. The van der Waals surface area contributed by atoms with E-state index in [0.29, 0.717) is 27.7 Å². The van der Waals surface area contributed by atoms with Gasteiger partial charge in [-0.25, -0.2) is 4.98 Å². The number of rotatable bonds is 2. The Morgan fingerprint density at radius 3 is 2.67 bits per heavy atom. The van der Waals surface area contributed by atoms with Crippen molar-refractivity contribution in [3.05, 3.63) is 45.0 Å². The van der Waals surface area contributed by atoms with E-state index < -0.39 is 5.41 Å². The van der Waals surface area contributed by atoms with E-state index in [4.69, 9.17) is 16.0 Å². The van der Waals surface area contributed by atoms with Gasteiger partial charge in [-0.2, -0.15) is 0 Å². The molecule has 6 heteroatoms. The van der Waals surface area contributed by atoms with Gasteiger partial charge in [-0.15, -0.1) is 0 Å². The fourth-order valence-electron chi connectivity index (χ4n) is 2.10. The lowest BCUT2D eigenvalue weighted by atomic mass is 9.95. The van der Waals surface area contributed by atoms with E-state index in [1.807, 2.05) is 39.0 Å². The number of carbonyl (C=O) groups excluding carboxylic acids is 1. The molecule has 2 aromatic carbocycles. The second-order valence-corrected chi connectivity index (χ2v) is 8.18. The lowest BCUT2D eigenvalue weighted by molar-refractivity contribution is -0.123. The highest BCUT2D eigenvalue weighted by Crippen LogP contribution is 2.32. The molecule has 1 N–H and O–H groups in total. The number of fused-ring (bicyclic) bond motifs is 1. The lowest BCUT2D eigenvalue weighted by Crippen LogP contribution is -2.27. The van der Waals surface area contributed by atoms with Crippen LogP contribution in [-0.2, 0) is 4.79 Å². The molecule has 0 saturated carbocycles. The van der Waals surface area contributed by atoms with Crippen LogP contribution in [0.1, 0.15) is 20.8 Å². The molecule has 0 unspecified atom stereocenters. The predicted octanol–water partition coefficient (Wildman–Crippen LogP) is 5.74. The van der Waals surface area contributed by atoms with E-state index in [1.165, 1.54) is 0 Å². The van der Waals surface area contributed by atoms with E-state index in [2.05, 4.69) is 32.9 Å². The molecule has 0 fully saturated rings. The van der Waals surface area contributed by atoms with Crippen LogP contribution < -0.4 is 5.32 Å². The van der Waals surface area contributed by atoms with E-state index in [0.717, 1.165) is 9.13 Å². The minimum Gasteiger partial charge on any atom is -0.436 e. The number of aromatic nitrogens is 1. The van der Waals surface area contributed by atoms with Gasteiger partial charge in [0.05, 0.1) is 10.6 Å². The summed E-state index contributed by atoms with van der Waals surface area (Å²) in [6, 6.07) is 11.1. The van der Waals surface area contributed by atoms with Gasteiger partial charge in [-0.1, -0.05) is 32.4 Å². The number of hydrogen-bond acceptors (Lipinski definition) is 3. The first kappa shape index (κ1) is 17.2. The fourth-order valence-corrected chi connectivity index (χ4v) is 2.79. The van der Waals surface area contributed by atoms with Gasteiger partial charge in [0.2, 0.25) is 11.8 Å². The van der Waals surface area contributed by atoms with E-state index in [-0.39, 0.29) is 5.91 Å². The molecule has 3 rings (SSSR count). The molecule has 124 valence electrons. The molecule has 0 saturated heterocycles. The van der Waals surface area contributed by atoms with Crippen molar-refractivity contribution in [2.75, 3.05) is 5.32 Å². The number of hydrogen-bond donors (Lipinski definition) is 1. The number of carbonyl (C=O) groups is 1. The first-order chi connectivity index (χ1) is 11.2. The summed E-state index contributed by atoms with van der Waals surface area (Å²) in [6.45, 7) is 5.61. The maximum absolute atomic E-state index is 12.1. The van der Waals surface area contributed by atoms with Gasteiger partial charge in [-0.3, -0.25) is 4.79 Å². The van der Waals surface area contributed by atoms with E-state index in [1.54, 1.807) is 18.2 Å². The molecular weight excluding hydrogens is 439 g/mol. The van der Waals surface area contributed by atoms with Crippen LogP contribution in [0.15, 0.2) is 40.8 Å². The molecule has 24 heavy (non-hydrogen) atoms. The largest absolute Gasteiger partial charge is 0.436 e. The van der Waals surface area contributed by atoms with Crippen molar-refractivity contribution in [2.24, 2.45) is 5.41 Å². The van der Waals surface area contributed by atoms with Crippen molar-refractivity contribution >= 4 is 56.9 Å². The summed E-state index contributed by atoms with van der Waals surface area (Å²) < 4.78 is 6.85. The monoisotopic (exact) mass is 454 g/mol. The second kappa shape index (κ2) is 6.37. The van der Waals surface area contributed by atoms with Crippen LogP contribution in [0.25, 0.3) is 22.6 Å². The van der Waals surface area contributed by atoms with Gasteiger partial charge in [0.1, 0.15) is 5.52 Å². The Labute approximate surface area is 158 Å². The van der Waals surface area contributed by atoms with Crippen molar-refractivity contribution in [1.29, 1.82) is 0 Å². The smallest absolute Gasteiger partial charge is 0.229 e. The Hall–Kier alpha value is -1.60. The van der Waals surface area contributed by atoms with Crippen molar-refractivity contribution in [1.82, 2.24) is 4.98 Å². The molecule has 0 aliphatic carbocycles. The summed E-state index contributed by atoms with van der Waals surface area (Å²) in [5, 5.41) is 3.48. The summed E-state index contributed by atoms with van der Waals surface area (Å²) in [7, 11) is 0. The molecule has 0 radical (unpaired) electrons. The highest BCUT2D eigenvalue weighted by atomic mass is 127. The van der Waals surface area contributed by atoms with Crippen LogP contribution in [0.3, 0.4) is 0 Å². The summed E-state index contributed by atoms with van der Waals surface area (Å²) in [5.74, 6) is 0.416. The number of amides is 1. The van der Waals surface area contributed by atoms with Gasteiger partial charge in [0.25, 0.3) is 0 Å². The van der Waals surface area contributed by atoms with Crippen LogP contribution in [-0.4, -0.2) is 10.9 Å². The molecule has 1 aromatic heterocycles. The number of benzene rings is 2. The minimum atomic E-state index is -0.460. The Morgan fingerprint density at radius 2 is 1.96 bits per heavy atom. The van der Waals surface area contributed by atoms with Crippen molar-refractivity contribution in [3.63, 3.8) is 0 Å². The highest BCUT2D eigenvalue weighted by Gasteiger charge is 2.21. The third kappa shape index (κ3) is 3.57. The van der Waals surface area contributed by atoms with E-state index in [9.17, 15) is 4.79 Å². The normalized spacial score (nSPS) is 11.7. The first-order valence-electron chi connectivity index (χ1n) is 7.41. The standard InChI is InChI=1S/C18H16ClIN2O2/c1-18(2,3)17(23)21-11-5-7-15-14(9-11)22-16(24-15)12-8-10(20)4-6-13(12)19/h4-9H,1-3H3,(H,21,23). The van der Waals surface area contributed by atoms with Crippen molar-refractivity contribution in [2.45, 2.75) is 20.8 Å². The van der Waals surface area contributed by atoms with Crippen molar-refractivity contribution in [3.8, 4) is 11.5 Å².